The summed E-state index contributed by atoms with van der Waals surface area (Å²) in [7, 11) is 0. The molecule has 0 aromatic rings. The van der Waals surface area contributed by atoms with Crippen LogP contribution < -0.4 is 5.32 Å². The van der Waals surface area contributed by atoms with Gasteiger partial charge in [0.05, 0.1) is 0 Å². The van der Waals surface area contributed by atoms with E-state index in [1.54, 1.807) is 0 Å². The van der Waals surface area contributed by atoms with Crippen molar-refractivity contribution < 1.29 is 5.11 Å². The van der Waals surface area contributed by atoms with E-state index >= 15 is 0 Å². The van der Waals surface area contributed by atoms with Gasteiger partial charge >= 0.3 is 0 Å². The Morgan fingerprint density at radius 3 is 2.29 bits per heavy atom. The second-order valence-corrected chi connectivity index (χ2v) is 5.29. The fraction of sp³-hybridized carbons (Fsp3) is 1.00. The maximum atomic E-state index is 8.89. The largest absolute Gasteiger partial charge is 0.396 e. The fourth-order valence-corrected chi connectivity index (χ4v) is 2.30. The van der Waals surface area contributed by atoms with Gasteiger partial charge in [-0.2, -0.15) is 11.8 Å². The molecule has 0 aliphatic heterocycles. The standard InChI is InChI=1S/C11H25NOS/c1-5-11(6-2,14-4)9-12-7-10(3)8-13/h10,12-13H,5-9H2,1-4H3. The molecule has 0 saturated carbocycles. The molecule has 0 aliphatic rings. The molecule has 86 valence electrons. The van der Waals surface area contributed by atoms with Gasteiger partial charge in [0.2, 0.25) is 0 Å². The summed E-state index contributed by atoms with van der Waals surface area (Å²) in [5, 5.41) is 12.3. The van der Waals surface area contributed by atoms with Gasteiger partial charge in [0.15, 0.2) is 0 Å². The molecule has 0 aromatic heterocycles. The van der Waals surface area contributed by atoms with Gasteiger partial charge in [0.1, 0.15) is 0 Å². The number of thioether (sulfide) groups is 1. The van der Waals surface area contributed by atoms with E-state index in [-0.39, 0.29) is 6.61 Å². The molecule has 1 unspecified atom stereocenters. The zero-order valence-electron chi connectivity index (χ0n) is 9.97. The Labute approximate surface area is 92.9 Å². The zero-order chi connectivity index (χ0) is 11.0. The highest BCUT2D eigenvalue weighted by Crippen LogP contribution is 2.29. The minimum atomic E-state index is 0.275. The van der Waals surface area contributed by atoms with Crippen molar-refractivity contribution in [3.63, 3.8) is 0 Å². The number of aliphatic hydroxyl groups excluding tert-OH is 1. The van der Waals surface area contributed by atoms with Crippen LogP contribution in [0.2, 0.25) is 0 Å². The van der Waals surface area contributed by atoms with Gasteiger partial charge < -0.3 is 10.4 Å². The van der Waals surface area contributed by atoms with Crippen molar-refractivity contribution in [1.82, 2.24) is 5.32 Å². The van der Waals surface area contributed by atoms with Crippen LogP contribution >= 0.6 is 11.8 Å². The third kappa shape index (κ3) is 4.67. The summed E-state index contributed by atoms with van der Waals surface area (Å²) < 4.78 is 0.384. The average molecular weight is 219 g/mol. The van der Waals surface area contributed by atoms with Crippen LogP contribution in [0.4, 0.5) is 0 Å². The Balaban J connectivity index is 3.82. The SMILES string of the molecule is CCC(CC)(CNCC(C)CO)SC. The van der Waals surface area contributed by atoms with Crippen LogP contribution in [-0.4, -0.2) is 35.8 Å². The Hall–Kier alpha value is 0.270. The molecule has 2 nitrogen and oxygen atoms in total. The predicted octanol–water partition coefficient (Wildman–Crippen LogP) is 2.13. The molecule has 0 fully saturated rings. The second-order valence-electron chi connectivity index (χ2n) is 4.01. The van der Waals surface area contributed by atoms with E-state index in [2.05, 4.69) is 32.3 Å². The quantitative estimate of drug-likeness (QED) is 0.656. The molecule has 0 saturated heterocycles. The van der Waals surface area contributed by atoms with Crippen molar-refractivity contribution in [2.45, 2.75) is 38.4 Å². The number of nitrogens with one attached hydrogen (secondary N) is 1. The first-order valence-corrected chi connectivity index (χ1v) is 6.73. The van der Waals surface area contributed by atoms with Gasteiger partial charge in [-0.25, -0.2) is 0 Å². The van der Waals surface area contributed by atoms with Crippen LogP contribution in [0.15, 0.2) is 0 Å². The van der Waals surface area contributed by atoms with Crippen LogP contribution in [0.5, 0.6) is 0 Å². The van der Waals surface area contributed by atoms with Crippen molar-refractivity contribution in [3.8, 4) is 0 Å². The molecule has 0 radical (unpaired) electrons. The fourth-order valence-electron chi connectivity index (χ4n) is 1.47. The molecule has 0 aromatic carbocycles. The average Bonchev–Trinajstić information content (AvgIpc) is 2.25. The molecule has 0 amide bonds. The molecule has 14 heavy (non-hydrogen) atoms. The number of rotatable bonds is 8. The van der Waals surface area contributed by atoms with Gasteiger partial charge in [-0.05, 0) is 31.6 Å². The highest BCUT2D eigenvalue weighted by atomic mass is 32.2. The van der Waals surface area contributed by atoms with Gasteiger partial charge in [-0.3, -0.25) is 0 Å². The van der Waals surface area contributed by atoms with Gasteiger partial charge in [0, 0.05) is 17.9 Å². The van der Waals surface area contributed by atoms with Gasteiger partial charge in [0.25, 0.3) is 0 Å². The first-order chi connectivity index (χ1) is 6.64. The molecule has 0 aliphatic carbocycles. The Bertz CT molecular complexity index is 129. The molecular formula is C11H25NOS. The van der Waals surface area contributed by atoms with E-state index in [9.17, 15) is 0 Å². The van der Waals surface area contributed by atoms with Crippen LogP contribution in [0.25, 0.3) is 0 Å². The Morgan fingerprint density at radius 1 is 1.36 bits per heavy atom. The van der Waals surface area contributed by atoms with Crippen LogP contribution in [-0.2, 0) is 0 Å². The van der Waals surface area contributed by atoms with E-state index < -0.39 is 0 Å². The van der Waals surface area contributed by atoms with Crippen molar-refractivity contribution in [1.29, 1.82) is 0 Å². The molecule has 1 atom stereocenters. The third-order valence-corrected chi connectivity index (χ3v) is 4.56. The lowest BCUT2D eigenvalue weighted by Gasteiger charge is -2.30. The summed E-state index contributed by atoms with van der Waals surface area (Å²) in [5.74, 6) is 0.364. The summed E-state index contributed by atoms with van der Waals surface area (Å²) in [5.41, 5.74) is 0. The molecule has 0 spiro atoms. The van der Waals surface area contributed by atoms with Gasteiger partial charge in [-0.15, -0.1) is 0 Å². The van der Waals surface area contributed by atoms with Crippen LogP contribution in [0.1, 0.15) is 33.6 Å². The monoisotopic (exact) mass is 219 g/mol. The normalized spacial score (nSPS) is 14.4. The smallest absolute Gasteiger partial charge is 0.0468 e. The topological polar surface area (TPSA) is 32.3 Å². The summed E-state index contributed by atoms with van der Waals surface area (Å²) in [4.78, 5) is 0. The highest BCUT2D eigenvalue weighted by Gasteiger charge is 2.24. The maximum absolute atomic E-state index is 8.89. The lowest BCUT2D eigenvalue weighted by molar-refractivity contribution is 0.232. The Morgan fingerprint density at radius 2 is 1.93 bits per heavy atom. The first-order valence-electron chi connectivity index (χ1n) is 5.50. The van der Waals surface area contributed by atoms with E-state index in [0.29, 0.717) is 10.7 Å². The first kappa shape index (κ1) is 14.3. The van der Waals surface area contributed by atoms with Crippen LogP contribution in [0.3, 0.4) is 0 Å². The van der Waals surface area contributed by atoms with Crippen molar-refractivity contribution in [2.75, 3.05) is 26.0 Å². The van der Waals surface area contributed by atoms with Crippen LogP contribution in [0, 0.1) is 5.92 Å². The molecule has 0 bridgehead atoms. The highest BCUT2D eigenvalue weighted by molar-refractivity contribution is 8.00. The lowest BCUT2D eigenvalue weighted by Crippen LogP contribution is -2.38. The number of aliphatic hydroxyl groups is 1. The summed E-state index contributed by atoms with van der Waals surface area (Å²) in [6, 6.07) is 0. The number of hydrogen-bond acceptors (Lipinski definition) is 3. The second kappa shape index (κ2) is 7.55. The molecule has 0 heterocycles. The van der Waals surface area contributed by atoms with Crippen molar-refractivity contribution in [2.24, 2.45) is 5.92 Å². The number of hydrogen-bond donors (Lipinski definition) is 2. The minimum absolute atomic E-state index is 0.275. The maximum Gasteiger partial charge on any atom is 0.0468 e. The molecule has 0 rings (SSSR count). The molecular weight excluding hydrogens is 194 g/mol. The predicted molar refractivity (Wildman–Crippen MR) is 65.9 cm³/mol. The summed E-state index contributed by atoms with van der Waals surface area (Å²) in [6.07, 6.45) is 4.58. The van der Waals surface area contributed by atoms with E-state index in [1.165, 1.54) is 12.8 Å². The van der Waals surface area contributed by atoms with Crippen molar-refractivity contribution in [3.05, 3.63) is 0 Å². The van der Waals surface area contributed by atoms with E-state index in [1.807, 2.05) is 11.8 Å². The minimum Gasteiger partial charge on any atom is -0.396 e. The molecule has 2 N–H and O–H groups in total. The van der Waals surface area contributed by atoms with E-state index in [4.69, 9.17) is 5.11 Å². The molecule has 3 heteroatoms. The third-order valence-electron chi connectivity index (χ3n) is 2.97. The lowest BCUT2D eigenvalue weighted by atomic mass is 10.0. The zero-order valence-corrected chi connectivity index (χ0v) is 10.8. The van der Waals surface area contributed by atoms with Gasteiger partial charge in [-0.1, -0.05) is 20.8 Å². The van der Waals surface area contributed by atoms with E-state index in [0.717, 1.165) is 13.1 Å². The van der Waals surface area contributed by atoms with Crippen molar-refractivity contribution >= 4 is 11.8 Å². The summed E-state index contributed by atoms with van der Waals surface area (Å²) >= 11 is 1.95. The Kier molecular flexibility index (Phi) is 7.69. The summed E-state index contributed by atoms with van der Waals surface area (Å²) in [6.45, 7) is 8.79.